The van der Waals surface area contributed by atoms with Crippen LogP contribution in [0.15, 0.2) is 0 Å². The average molecular weight is 201 g/mol. The van der Waals surface area contributed by atoms with Crippen LogP contribution < -0.4 is 0 Å². The highest BCUT2D eigenvalue weighted by molar-refractivity contribution is 5.83. The first-order chi connectivity index (χ1) is 6.40. The molecule has 0 heterocycles. The van der Waals surface area contributed by atoms with E-state index in [1.54, 1.807) is 28.2 Å². The first-order valence-electron chi connectivity index (χ1n) is 4.56. The van der Waals surface area contributed by atoms with Crippen molar-refractivity contribution in [3.8, 4) is 0 Å². The molecule has 3 amide bonds. The average Bonchev–Trinajstić information content (AvgIpc) is 2.12. The Balaban J connectivity index is 4.30. The third-order valence-corrected chi connectivity index (χ3v) is 1.86. The quantitative estimate of drug-likeness (QED) is 0.649. The molecule has 0 N–H and O–H groups in total. The Labute approximate surface area is 85.3 Å². The Kier molecular flexibility index (Phi) is 4.97. The molecule has 0 aromatic rings. The van der Waals surface area contributed by atoms with Crippen LogP contribution in [0.25, 0.3) is 0 Å². The Morgan fingerprint density at radius 3 is 1.79 bits per heavy atom. The van der Waals surface area contributed by atoms with Crippen LogP contribution in [0.3, 0.4) is 0 Å². The molecular weight excluding hydrogens is 182 g/mol. The largest absolute Gasteiger partial charge is 0.347 e. The smallest absolute Gasteiger partial charge is 0.319 e. The van der Waals surface area contributed by atoms with Gasteiger partial charge < -0.3 is 14.7 Å². The van der Waals surface area contributed by atoms with E-state index in [1.807, 2.05) is 6.92 Å². The number of rotatable bonds is 3. The Bertz CT molecular complexity index is 214. The molecule has 5 nitrogen and oxygen atoms in total. The molecule has 0 aliphatic heterocycles. The van der Waals surface area contributed by atoms with Gasteiger partial charge in [-0.1, -0.05) is 0 Å². The summed E-state index contributed by atoms with van der Waals surface area (Å²) in [4.78, 5) is 27.3. The molecule has 0 radical (unpaired) electrons. The second kappa shape index (κ2) is 5.47. The molecule has 82 valence electrons. The summed E-state index contributed by atoms with van der Waals surface area (Å²) in [6.45, 7) is 2.53. The number of carbonyl (C=O) groups is 2. The molecule has 14 heavy (non-hydrogen) atoms. The molecule has 0 rings (SSSR count). The lowest BCUT2D eigenvalue weighted by atomic mass is 10.4. The normalized spacial score (nSPS) is 9.50. The standard InChI is InChI=1S/C9H19N3O2/c1-6-12(9(14)11(4)5)7-8(13)10(2)3/h6-7H2,1-5H3. The zero-order valence-corrected chi connectivity index (χ0v) is 9.57. The molecule has 5 heteroatoms. The Hall–Kier alpha value is -1.26. The maximum Gasteiger partial charge on any atom is 0.319 e. The van der Waals surface area contributed by atoms with Gasteiger partial charge in [-0.05, 0) is 6.92 Å². The lowest BCUT2D eigenvalue weighted by molar-refractivity contribution is -0.129. The monoisotopic (exact) mass is 201 g/mol. The van der Waals surface area contributed by atoms with Gasteiger partial charge >= 0.3 is 6.03 Å². The number of amides is 3. The fraction of sp³-hybridized carbons (Fsp3) is 0.778. The third kappa shape index (κ3) is 3.64. The van der Waals surface area contributed by atoms with Crippen molar-refractivity contribution in [1.29, 1.82) is 0 Å². The SMILES string of the molecule is CCN(CC(=O)N(C)C)C(=O)N(C)C. The minimum absolute atomic E-state index is 0.0675. The summed E-state index contributed by atoms with van der Waals surface area (Å²) in [6, 6.07) is -0.136. The van der Waals surface area contributed by atoms with Gasteiger partial charge in [-0.2, -0.15) is 0 Å². The second-order valence-electron chi connectivity index (χ2n) is 3.48. The molecule has 0 unspecified atom stereocenters. The van der Waals surface area contributed by atoms with Crippen molar-refractivity contribution in [3.05, 3.63) is 0 Å². The van der Waals surface area contributed by atoms with Crippen LogP contribution in [-0.2, 0) is 4.79 Å². The predicted molar refractivity (Wildman–Crippen MR) is 55.0 cm³/mol. The number of hydrogen-bond donors (Lipinski definition) is 0. The van der Waals surface area contributed by atoms with Gasteiger partial charge in [-0.3, -0.25) is 4.79 Å². The first-order valence-corrected chi connectivity index (χ1v) is 4.56. The predicted octanol–water partition coefficient (Wildman–Crippen LogP) is 0.0781. The summed E-state index contributed by atoms with van der Waals surface area (Å²) in [5.41, 5.74) is 0. The zero-order chi connectivity index (χ0) is 11.3. The van der Waals surface area contributed by atoms with Crippen molar-refractivity contribution in [3.63, 3.8) is 0 Å². The summed E-state index contributed by atoms with van der Waals surface area (Å²) in [5, 5.41) is 0. The zero-order valence-electron chi connectivity index (χ0n) is 9.57. The van der Waals surface area contributed by atoms with Gasteiger partial charge in [0.2, 0.25) is 5.91 Å². The van der Waals surface area contributed by atoms with Crippen LogP contribution in [0.2, 0.25) is 0 Å². The van der Waals surface area contributed by atoms with Gasteiger partial charge in [-0.25, -0.2) is 4.79 Å². The van der Waals surface area contributed by atoms with E-state index >= 15 is 0 Å². The minimum Gasteiger partial charge on any atom is -0.347 e. The number of hydrogen-bond acceptors (Lipinski definition) is 2. The highest BCUT2D eigenvalue weighted by atomic mass is 16.2. The molecule has 0 bridgehead atoms. The van der Waals surface area contributed by atoms with E-state index in [1.165, 1.54) is 14.7 Å². The molecular formula is C9H19N3O2. The minimum atomic E-state index is -0.136. The molecule has 0 aliphatic rings. The van der Waals surface area contributed by atoms with Gasteiger partial charge in [0.05, 0.1) is 0 Å². The van der Waals surface area contributed by atoms with E-state index in [9.17, 15) is 9.59 Å². The lowest BCUT2D eigenvalue weighted by Gasteiger charge is -2.25. The fourth-order valence-corrected chi connectivity index (χ4v) is 0.902. The van der Waals surface area contributed by atoms with Crippen LogP contribution in [0.4, 0.5) is 4.79 Å². The van der Waals surface area contributed by atoms with Crippen LogP contribution in [0.5, 0.6) is 0 Å². The van der Waals surface area contributed by atoms with E-state index < -0.39 is 0 Å². The molecule has 0 aliphatic carbocycles. The van der Waals surface area contributed by atoms with Crippen LogP contribution >= 0.6 is 0 Å². The highest BCUT2D eigenvalue weighted by Gasteiger charge is 2.17. The van der Waals surface area contributed by atoms with Crippen molar-refractivity contribution in [2.45, 2.75) is 6.92 Å². The molecule has 0 fully saturated rings. The lowest BCUT2D eigenvalue weighted by Crippen LogP contribution is -2.44. The van der Waals surface area contributed by atoms with Crippen molar-refractivity contribution in [2.75, 3.05) is 41.3 Å². The maximum atomic E-state index is 11.5. The summed E-state index contributed by atoms with van der Waals surface area (Å²) in [6.07, 6.45) is 0. The summed E-state index contributed by atoms with van der Waals surface area (Å²) in [7, 11) is 6.70. The molecule has 0 saturated carbocycles. The van der Waals surface area contributed by atoms with Crippen molar-refractivity contribution >= 4 is 11.9 Å². The molecule has 0 aromatic carbocycles. The third-order valence-electron chi connectivity index (χ3n) is 1.86. The summed E-state index contributed by atoms with van der Waals surface area (Å²) < 4.78 is 0. The van der Waals surface area contributed by atoms with E-state index in [0.717, 1.165) is 0 Å². The first kappa shape index (κ1) is 12.7. The van der Waals surface area contributed by atoms with Gasteiger partial charge in [0, 0.05) is 34.7 Å². The summed E-state index contributed by atoms with van der Waals surface area (Å²) >= 11 is 0. The highest BCUT2D eigenvalue weighted by Crippen LogP contribution is 1.95. The number of urea groups is 1. The van der Waals surface area contributed by atoms with E-state index in [4.69, 9.17) is 0 Å². The van der Waals surface area contributed by atoms with Gasteiger partial charge in [0.25, 0.3) is 0 Å². The van der Waals surface area contributed by atoms with Crippen molar-refractivity contribution in [1.82, 2.24) is 14.7 Å². The number of carbonyl (C=O) groups excluding carboxylic acids is 2. The summed E-state index contributed by atoms with van der Waals surface area (Å²) in [5.74, 6) is -0.0675. The number of likely N-dealkylation sites (N-methyl/N-ethyl adjacent to an activating group) is 2. The van der Waals surface area contributed by atoms with Crippen LogP contribution in [-0.4, -0.2) is 67.9 Å². The van der Waals surface area contributed by atoms with Gasteiger partial charge in [0.15, 0.2) is 0 Å². The fourth-order valence-electron chi connectivity index (χ4n) is 0.902. The van der Waals surface area contributed by atoms with Crippen LogP contribution in [0, 0.1) is 0 Å². The van der Waals surface area contributed by atoms with Crippen molar-refractivity contribution in [2.24, 2.45) is 0 Å². The Morgan fingerprint density at radius 2 is 1.50 bits per heavy atom. The second-order valence-corrected chi connectivity index (χ2v) is 3.48. The molecule has 0 spiro atoms. The molecule has 0 aromatic heterocycles. The maximum absolute atomic E-state index is 11.5. The molecule has 0 atom stereocenters. The van der Waals surface area contributed by atoms with Gasteiger partial charge in [0.1, 0.15) is 6.54 Å². The van der Waals surface area contributed by atoms with Gasteiger partial charge in [-0.15, -0.1) is 0 Å². The Morgan fingerprint density at radius 1 is 1.00 bits per heavy atom. The van der Waals surface area contributed by atoms with Crippen molar-refractivity contribution < 1.29 is 9.59 Å². The number of nitrogens with zero attached hydrogens (tertiary/aromatic N) is 3. The van der Waals surface area contributed by atoms with E-state index in [-0.39, 0.29) is 18.5 Å². The van der Waals surface area contributed by atoms with E-state index in [2.05, 4.69) is 0 Å². The topological polar surface area (TPSA) is 43.9 Å². The van der Waals surface area contributed by atoms with Crippen LogP contribution in [0.1, 0.15) is 6.92 Å². The van der Waals surface area contributed by atoms with E-state index in [0.29, 0.717) is 6.54 Å². The molecule has 0 saturated heterocycles.